The van der Waals surface area contributed by atoms with Crippen molar-refractivity contribution in [1.82, 2.24) is 4.90 Å². The molecule has 2 aliphatic heterocycles. The monoisotopic (exact) mass is 501 g/mol. The molecule has 1 atom stereocenters. The Kier molecular flexibility index (Phi) is 6.77. The molecule has 1 fully saturated rings. The van der Waals surface area contributed by atoms with Crippen molar-refractivity contribution in [1.29, 1.82) is 0 Å². The fourth-order valence-electron chi connectivity index (χ4n) is 5.81. The molecule has 1 aliphatic carbocycles. The minimum absolute atomic E-state index is 0.159. The lowest BCUT2D eigenvalue weighted by atomic mass is 9.89. The number of aryl methyl sites for hydroxylation is 2. The van der Waals surface area contributed by atoms with Crippen LogP contribution in [0.5, 0.6) is 11.5 Å². The number of hydrogen-bond acceptors (Lipinski definition) is 4. The SMILES string of the molecule is Oc1ccc2c(c1)SCC(c1ccc3c(c1)CCC3)=C2c1ccc(O[C@H]2CCN(CCCF)C2)cc1. The fraction of sp³-hybridized carbons (Fsp3) is 0.355. The second-order valence-electron chi connectivity index (χ2n) is 10.1. The van der Waals surface area contributed by atoms with E-state index in [9.17, 15) is 9.50 Å². The van der Waals surface area contributed by atoms with E-state index in [0.29, 0.717) is 12.2 Å². The van der Waals surface area contributed by atoms with Crippen molar-refractivity contribution < 1.29 is 14.2 Å². The van der Waals surface area contributed by atoms with E-state index >= 15 is 0 Å². The number of phenolic OH excluding ortho intramolecular Hbond substituents is 1. The summed E-state index contributed by atoms with van der Waals surface area (Å²) in [5, 5.41) is 10.1. The number of fused-ring (bicyclic) bond motifs is 2. The molecule has 2 heterocycles. The molecule has 0 unspecified atom stereocenters. The van der Waals surface area contributed by atoms with E-state index in [0.717, 1.165) is 42.5 Å². The highest BCUT2D eigenvalue weighted by Gasteiger charge is 2.25. The number of nitrogens with zero attached hydrogens (tertiary/aromatic N) is 1. The fourth-order valence-corrected chi connectivity index (χ4v) is 6.95. The lowest BCUT2D eigenvalue weighted by Crippen LogP contribution is -2.26. The Morgan fingerprint density at radius 1 is 0.972 bits per heavy atom. The third-order valence-corrected chi connectivity index (χ3v) is 8.72. The Labute approximate surface area is 217 Å². The first kappa shape index (κ1) is 23.6. The van der Waals surface area contributed by atoms with Crippen LogP contribution in [0.1, 0.15) is 47.1 Å². The second kappa shape index (κ2) is 10.3. The van der Waals surface area contributed by atoms with Crippen LogP contribution in [0.15, 0.2) is 65.6 Å². The highest BCUT2D eigenvalue weighted by atomic mass is 32.2. The molecule has 1 saturated heterocycles. The number of phenols is 1. The van der Waals surface area contributed by atoms with Gasteiger partial charge in [0.15, 0.2) is 0 Å². The maximum absolute atomic E-state index is 12.5. The summed E-state index contributed by atoms with van der Waals surface area (Å²) < 4.78 is 18.8. The molecule has 36 heavy (non-hydrogen) atoms. The van der Waals surface area contributed by atoms with Crippen molar-refractivity contribution >= 4 is 22.9 Å². The molecular formula is C31H32FNO2S. The van der Waals surface area contributed by atoms with Crippen LogP contribution in [-0.4, -0.2) is 48.2 Å². The second-order valence-corrected chi connectivity index (χ2v) is 11.1. The Morgan fingerprint density at radius 2 is 1.81 bits per heavy atom. The number of hydrogen-bond donors (Lipinski definition) is 1. The van der Waals surface area contributed by atoms with Crippen molar-refractivity contribution in [2.24, 2.45) is 0 Å². The first-order valence-corrected chi connectivity index (χ1v) is 14.0. The van der Waals surface area contributed by atoms with E-state index in [-0.39, 0.29) is 12.8 Å². The summed E-state index contributed by atoms with van der Waals surface area (Å²) in [5.41, 5.74) is 9.21. The molecule has 0 bridgehead atoms. The largest absolute Gasteiger partial charge is 0.508 e. The Bertz CT molecular complexity index is 1290. The predicted octanol–water partition coefficient (Wildman–Crippen LogP) is 6.76. The van der Waals surface area contributed by atoms with Gasteiger partial charge in [-0.2, -0.15) is 0 Å². The topological polar surface area (TPSA) is 32.7 Å². The van der Waals surface area contributed by atoms with Gasteiger partial charge in [-0.3, -0.25) is 9.29 Å². The number of halogens is 1. The maximum atomic E-state index is 12.5. The van der Waals surface area contributed by atoms with Gasteiger partial charge in [0.25, 0.3) is 0 Å². The van der Waals surface area contributed by atoms with Crippen molar-refractivity contribution in [2.45, 2.75) is 43.1 Å². The molecule has 1 N–H and O–H groups in total. The van der Waals surface area contributed by atoms with Crippen molar-refractivity contribution in [3.8, 4) is 11.5 Å². The zero-order valence-electron chi connectivity index (χ0n) is 20.5. The molecule has 0 spiro atoms. The molecule has 0 saturated carbocycles. The van der Waals surface area contributed by atoms with Crippen LogP contribution < -0.4 is 4.74 Å². The van der Waals surface area contributed by atoms with Crippen molar-refractivity contribution in [3.05, 3.63) is 88.5 Å². The van der Waals surface area contributed by atoms with Gasteiger partial charge < -0.3 is 9.84 Å². The van der Waals surface area contributed by atoms with E-state index in [4.69, 9.17) is 4.74 Å². The summed E-state index contributed by atoms with van der Waals surface area (Å²) in [6.45, 7) is 2.39. The Balaban J connectivity index is 1.31. The smallest absolute Gasteiger partial charge is 0.119 e. The summed E-state index contributed by atoms with van der Waals surface area (Å²) >= 11 is 1.80. The molecule has 0 radical (unpaired) electrons. The van der Waals surface area contributed by atoms with Gasteiger partial charge in [-0.05, 0) is 101 Å². The van der Waals surface area contributed by atoms with E-state index in [1.807, 2.05) is 6.07 Å². The molecule has 3 aromatic rings. The van der Waals surface area contributed by atoms with Crippen LogP contribution in [0.25, 0.3) is 11.1 Å². The van der Waals surface area contributed by atoms with Crippen molar-refractivity contribution in [3.63, 3.8) is 0 Å². The average molecular weight is 502 g/mol. The Morgan fingerprint density at radius 3 is 2.67 bits per heavy atom. The molecule has 5 heteroatoms. The molecule has 3 aromatic carbocycles. The van der Waals surface area contributed by atoms with E-state index < -0.39 is 0 Å². The van der Waals surface area contributed by atoms with E-state index in [2.05, 4.69) is 53.4 Å². The lowest BCUT2D eigenvalue weighted by Gasteiger charge is -2.25. The standard InChI is InChI=1S/C31H32FNO2S/c32-14-2-15-33-16-13-27(19-33)35-26-10-7-22(8-11-26)31-28-12-9-25(34)18-30(28)36-20-29(31)24-6-5-21-3-1-4-23(21)17-24/h5-12,17-18,27,34H,1-4,13-16,19-20H2/t27-/m0/s1. The summed E-state index contributed by atoms with van der Waals surface area (Å²) in [7, 11) is 0. The van der Waals surface area contributed by atoms with Gasteiger partial charge in [0.2, 0.25) is 0 Å². The number of likely N-dealkylation sites (tertiary alicyclic amines) is 1. The van der Waals surface area contributed by atoms with Crippen LogP contribution in [0, 0.1) is 0 Å². The first-order chi connectivity index (χ1) is 17.7. The van der Waals surface area contributed by atoms with Gasteiger partial charge in [0.1, 0.15) is 17.6 Å². The van der Waals surface area contributed by atoms with Crippen LogP contribution in [0.3, 0.4) is 0 Å². The quantitative estimate of drug-likeness (QED) is 0.388. The number of thioether (sulfide) groups is 1. The maximum Gasteiger partial charge on any atom is 0.119 e. The first-order valence-electron chi connectivity index (χ1n) is 13.0. The molecule has 3 aliphatic rings. The van der Waals surface area contributed by atoms with Gasteiger partial charge in [0, 0.05) is 30.3 Å². The highest BCUT2D eigenvalue weighted by Crippen LogP contribution is 2.46. The van der Waals surface area contributed by atoms with E-state index in [1.54, 1.807) is 17.8 Å². The minimum Gasteiger partial charge on any atom is -0.508 e. The van der Waals surface area contributed by atoms with Crippen molar-refractivity contribution in [2.75, 3.05) is 32.1 Å². The molecule has 6 rings (SSSR count). The van der Waals surface area contributed by atoms with Crippen LogP contribution in [0.4, 0.5) is 4.39 Å². The van der Waals surface area contributed by atoms with Gasteiger partial charge in [-0.1, -0.05) is 30.3 Å². The molecule has 0 amide bonds. The van der Waals surface area contributed by atoms with Gasteiger partial charge in [0.05, 0.1) is 6.67 Å². The summed E-state index contributed by atoms with van der Waals surface area (Å²) in [4.78, 5) is 3.41. The summed E-state index contributed by atoms with van der Waals surface area (Å²) in [6, 6.07) is 21.2. The third-order valence-electron chi connectivity index (χ3n) is 7.64. The lowest BCUT2D eigenvalue weighted by molar-refractivity contribution is 0.198. The van der Waals surface area contributed by atoms with Crippen LogP contribution in [0.2, 0.25) is 0 Å². The number of aromatic hydroxyl groups is 1. The van der Waals surface area contributed by atoms with Crippen LogP contribution >= 0.6 is 11.8 Å². The zero-order valence-corrected chi connectivity index (χ0v) is 21.3. The number of ether oxygens (including phenoxy) is 1. The zero-order chi connectivity index (χ0) is 24.5. The number of alkyl halides is 1. The molecule has 0 aromatic heterocycles. The summed E-state index contributed by atoms with van der Waals surface area (Å²) in [6.07, 6.45) is 5.34. The summed E-state index contributed by atoms with van der Waals surface area (Å²) in [5.74, 6) is 2.06. The molecule has 3 nitrogen and oxygen atoms in total. The van der Waals surface area contributed by atoms with Gasteiger partial charge in [-0.15, -0.1) is 11.8 Å². The average Bonchev–Trinajstić information content (AvgIpc) is 3.56. The Hall–Kier alpha value is -2.76. The number of benzene rings is 3. The van der Waals surface area contributed by atoms with Gasteiger partial charge >= 0.3 is 0 Å². The third kappa shape index (κ3) is 4.79. The molecular weight excluding hydrogens is 469 g/mol. The number of rotatable bonds is 7. The minimum atomic E-state index is -0.256. The normalized spacial score (nSPS) is 19.4. The van der Waals surface area contributed by atoms with Gasteiger partial charge in [-0.25, -0.2) is 0 Å². The predicted molar refractivity (Wildman–Crippen MR) is 146 cm³/mol. The molecule has 186 valence electrons. The van der Waals surface area contributed by atoms with E-state index in [1.165, 1.54) is 58.2 Å². The van der Waals surface area contributed by atoms with Crippen LogP contribution in [-0.2, 0) is 12.8 Å². The highest BCUT2D eigenvalue weighted by molar-refractivity contribution is 7.99.